The highest BCUT2D eigenvalue weighted by Gasteiger charge is 2.32. The molecule has 2 fully saturated rings. The van der Waals surface area contributed by atoms with Crippen molar-refractivity contribution in [3.63, 3.8) is 0 Å². The van der Waals surface area contributed by atoms with Crippen LogP contribution in [0.2, 0.25) is 0 Å². The van der Waals surface area contributed by atoms with E-state index in [0.717, 1.165) is 55.9 Å². The van der Waals surface area contributed by atoms with Gasteiger partial charge < -0.3 is 9.88 Å². The zero-order chi connectivity index (χ0) is 22.1. The zero-order valence-corrected chi connectivity index (χ0v) is 19.1. The summed E-state index contributed by atoms with van der Waals surface area (Å²) in [5.41, 5.74) is 2.29. The predicted octanol–water partition coefficient (Wildman–Crippen LogP) is 2.81. The number of carbonyl (C=O) groups excluding carboxylic acids is 1. The lowest BCUT2D eigenvalue weighted by Crippen LogP contribution is -2.42. The van der Waals surface area contributed by atoms with Gasteiger partial charge in [0.15, 0.2) is 0 Å². The van der Waals surface area contributed by atoms with Gasteiger partial charge in [-0.2, -0.15) is 5.10 Å². The number of aromatic amines is 1. The minimum absolute atomic E-state index is 0.0299. The van der Waals surface area contributed by atoms with Crippen molar-refractivity contribution < 1.29 is 4.79 Å². The van der Waals surface area contributed by atoms with Crippen LogP contribution in [-0.2, 0) is 20.0 Å². The highest BCUT2D eigenvalue weighted by Crippen LogP contribution is 2.31. The number of piperidine rings is 1. The molecule has 2 aromatic rings. The normalized spacial score (nSPS) is 22.7. The van der Waals surface area contributed by atoms with Crippen LogP contribution in [-0.4, -0.2) is 55.1 Å². The van der Waals surface area contributed by atoms with E-state index in [4.69, 9.17) is 4.98 Å². The molecule has 3 aliphatic rings. The molecule has 172 valence electrons. The number of nitrogens with one attached hydrogen (secondary N) is 1. The van der Waals surface area contributed by atoms with Crippen LogP contribution in [0, 0.1) is 5.92 Å². The molecule has 2 aliphatic heterocycles. The number of nitrogens with zero attached hydrogens (tertiary/aromatic N) is 5. The topological polar surface area (TPSA) is 87.1 Å². The Balaban J connectivity index is 1.35. The number of fused-ring (bicyclic) bond motifs is 1. The second kappa shape index (κ2) is 9.17. The standard InChI is InChI=1S/C24H34N6O2/c1-28-15-18(13-25-28)24(32)30-11-6-5-9-21(30)22-26-20-10-12-29(16-19(20)23(31)27-22)14-17-7-3-2-4-8-17/h13,15,17,21H,2-12,14,16H2,1H3,(H,26,27,31)/t21-/m1/s1. The summed E-state index contributed by atoms with van der Waals surface area (Å²) in [6.45, 7) is 3.42. The van der Waals surface area contributed by atoms with Gasteiger partial charge in [-0.15, -0.1) is 0 Å². The van der Waals surface area contributed by atoms with Crippen molar-refractivity contribution in [1.82, 2.24) is 29.5 Å². The highest BCUT2D eigenvalue weighted by atomic mass is 16.2. The summed E-state index contributed by atoms with van der Waals surface area (Å²) in [6.07, 6.45) is 13.7. The smallest absolute Gasteiger partial charge is 0.257 e. The first-order valence-corrected chi connectivity index (χ1v) is 12.2. The molecule has 0 unspecified atom stereocenters. The van der Waals surface area contributed by atoms with E-state index in [0.29, 0.717) is 24.5 Å². The van der Waals surface area contributed by atoms with Crippen molar-refractivity contribution in [3.05, 3.63) is 45.4 Å². The molecule has 0 spiro atoms. The Morgan fingerprint density at radius 3 is 2.72 bits per heavy atom. The molecule has 0 bridgehead atoms. The van der Waals surface area contributed by atoms with E-state index in [2.05, 4.69) is 15.0 Å². The van der Waals surface area contributed by atoms with Crippen LogP contribution < -0.4 is 5.56 Å². The molecule has 4 heterocycles. The van der Waals surface area contributed by atoms with Crippen molar-refractivity contribution in [3.8, 4) is 0 Å². The number of aromatic nitrogens is 4. The van der Waals surface area contributed by atoms with Gasteiger partial charge in [0.1, 0.15) is 5.82 Å². The van der Waals surface area contributed by atoms with Crippen LogP contribution >= 0.6 is 0 Å². The summed E-state index contributed by atoms with van der Waals surface area (Å²) >= 11 is 0. The van der Waals surface area contributed by atoms with E-state index in [1.54, 1.807) is 17.1 Å². The van der Waals surface area contributed by atoms with Crippen LogP contribution in [0.25, 0.3) is 0 Å². The molecule has 8 nitrogen and oxygen atoms in total. The van der Waals surface area contributed by atoms with Crippen LogP contribution in [0.5, 0.6) is 0 Å². The Kier molecular flexibility index (Phi) is 6.13. The van der Waals surface area contributed by atoms with Gasteiger partial charge in [-0.05, 0) is 38.0 Å². The minimum atomic E-state index is -0.185. The maximum atomic E-state index is 13.1. The summed E-state index contributed by atoms with van der Waals surface area (Å²) in [7, 11) is 1.81. The molecule has 1 N–H and O–H groups in total. The van der Waals surface area contributed by atoms with E-state index < -0.39 is 0 Å². The predicted molar refractivity (Wildman–Crippen MR) is 121 cm³/mol. The summed E-state index contributed by atoms with van der Waals surface area (Å²) < 4.78 is 1.64. The number of amides is 1. The molecular weight excluding hydrogens is 404 g/mol. The van der Waals surface area contributed by atoms with E-state index in [-0.39, 0.29) is 17.5 Å². The van der Waals surface area contributed by atoms with Gasteiger partial charge in [0.25, 0.3) is 11.5 Å². The van der Waals surface area contributed by atoms with Crippen molar-refractivity contribution in [2.45, 2.75) is 70.4 Å². The van der Waals surface area contributed by atoms with Gasteiger partial charge in [-0.3, -0.25) is 19.2 Å². The second-order valence-corrected chi connectivity index (χ2v) is 9.78. The lowest BCUT2D eigenvalue weighted by atomic mass is 9.88. The first-order chi connectivity index (χ1) is 15.6. The van der Waals surface area contributed by atoms with Gasteiger partial charge >= 0.3 is 0 Å². The number of H-pyrrole nitrogens is 1. The lowest BCUT2D eigenvalue weighted by molar-refractivity contribution is 0.0598. The molecule has 5 rings (SSSR count). The molecule has 0 aromatic carbocycles. The Bertz CT molecular complexity index is 1020. The molecular formula is C24H34N6O2. The van der Waals surface area contributed by atoms with Gasteiger partial charge in [0, 0.05) is 45.8 Å². The van der Waals surface area contributed by atoms with Gasteiger partial charge in [0.05, 0.1) is 29.1 Å². The summed E-state index contributed by atoms with van der Waals surface area (Å²) in [6, 6.07) is -0.185. The summed E-state index contributed by atoms with van der Waals surface area (Å²) in [5.74, 6) is 1.37. The quantitative estimate of drug-likeness (QED) is 0.793. The van der Waals surface area contributed by atoms with Crippen LogP contribution in [0.1, 0.15) is 84.8 Å². The van der Waals surface area contributed by atoms with E-state index >= 15 is 0 Å². The van der Waals surface area contributed by atoms with E-state index in [9.17, 15) is 9.59 Å². The molecule has 8 heteroatoms. The molecule has 2 aromatic heterocycles. The number of likely N-dealkylation sites (tertiary alicyclic amines) is 1. The van der Waals surface area contributed by atoms with Crippen molar-refractivity contribution >= 4 is 5.91 Å². The summed E-state index contributed by atoms with van der Waals surface area (Å²) in [5, 5.41) is 4.14. The highest BCUT2D eigenvalue weighted by molar-refractivity contribution is 5.94. The molecule has 1 atom stereocenters. The maximum Gasteiger partial charge on any atom is 0.257 e. The third kappa shape index (κ3) is 4.37. The number of rotatable bonds is 4. The SMILES string of the molecule is Cn1cc(C(=O)N2CCCC[C@@H]2c2nc3c(c(=O)[nH]2)CN(CC2CCCCC2)CC3)cn1. The number of hydrogen-bond acceptors (Lipinski definition) is 5. The van der Waals surface area contributed by atoms with Gasteiger partial charge in [0.2, 0.25) is 0 Å². The van der Waals surface area contributed by atoms with Gasteiger partial charge in [-0.25, -0.2) is 4.98 Å². The fourth-order valence-corrected chi connectivity index (χ4v) is 5.71. The minimum Gasteiger partial charge on any atom is -0.328 e. The van der Waals surface area contributed by atoms with Crippen molar-refractivity contribution in [1.29, 1.82) is 0 Å². The average Bonchev–Trinajstić information content (AvgIpc) is 3.26. The van der Waals surface area contributed by atoms with E-state index in [1.165, 1.54) is 32.1 Å². The molecule has 32 heavy (non-hydrogen) atoms. The lowest BCUT2D eigenvalue weighted by Gasteiger charge is -2.36. The number of aryl methyl sites for hydroxylation is 1. The number of carbonyl (C=O) groups is 1. The fourth-order valence-electron chi connectivity index (χ4n) is 5.71. The third-order valence-electron chi connectivity index (χ3n) is 7.44. The molecule has 1 saturated carbocycles. The monoisotopic (exact) mass is 438 g/mol. The largest absolute Gasteiger partial charge is 0.328 e. The molecule has 0 radical (unpaired) electrons. The number of hydrogen-bond donors (Lipinski definition) is 1. The van der Waals surface area contributed by atoms with Gasteiger partial charge in [-0.1, -0.05) is 19.3 Å². The molecule has 1 amide bonds. The first kappa shape index (κ1) is 21.4. The van der Waals surface area contributed by atoms with Crippen molar-refractivity contribution in [2.75, 3.05) is 19.6 Å². The first-order valence-electron chi connectivity index (χ1n) is 12.2. The van der Waals surface area contributed by atoms with Crippen LogP contribution in [0.3, 0.4) is 0 Å². The van der Waals surface area contributed by atoms with Crippen molar-refractivity contribution in [2.24, 2.45) is 13.0 Å². The third-order valence-corrected chi connectivity index (χ3v) is 7.44. The summed E-state index contributed by atoms with van der Waals surface area (Å²) in [4.78, 5) is 38.5. The molecule has 1 saturated heterocycles. The van der Waals surface area contributed by atoms with Crippen LogP contribution in [0.4, 0.5) is 0 Å². The average molecular weight is 439 g/mol. The maximum absolute atomic E-state index is 13.1. The second-order valence-electron chi connectivity index (χ2n) is 9.78. The molecule has 1 aliphatic carbocycles. The Morgan fingerprint density at radius 1 is 1.12 bits per heavy atom. The van der Waals surface area contributed by atoms with E-state index in [1.807, 2.05) is 11.9 Å². The Hall–Kier alpha value is -2.48. The Labute approximate surface area is 189 Å². The Morgan fingerprint density at radius 2 is 1.94 bits per heavy atom. The van der Waals surface area contributed by atoms with Crippen LogP contribution in [0.15, 0.2) is 17.2 Å². The zero-order valence-electron chi connectivity index (χ0n) is 19.1. The fraction of sp³-hybridized carbons (Fsp3) is 0.667.